The highest BCUT2D eigenvalue weighted by Gasteiger charge is 2.28. The van der Waals surface area contributed by atoms with Gasteiger partial charge in [-0.15, -0.1) is 0 Å². The molecule has 1 aliphatic heterocycles. The van der Waals surface area contributed by atoms with Crippen molar-refractivity contribution in [2.45, 2.75) is 13.0 Å². The van der Waals surface area contributed by atoms with Crippen molar-refractivity contribution in [3.63, 3.8) is 0 Å². The van der Waals surface area contributed by atoms with E-state index in [2.05, 4.69) is 4.74 Å². The zero-order chi connectivity index (χ0) is 12.1. The topological polar surface area (TPSA) is 81.9 Å². The Labute approximate surface area is 94.7 Å². The van der Waals surface area contributed by atoms with Crippen LogP contribution in [0.4, 0.5) is 0 Å². The van der Waals surface area contributed by atoms with Gasteiger partial charge in [-0.05, 0) is 0 Å². The zero-order valence-electron chi connectivity index (χ0n) is 9.64. The van der Waals surface area contributed by atoms with Gasteiger partial charge in [-0.3, -0.25) is 9.69 Å². The number of esters is 1. The molecule has 1 amide bonds. The zero-order valence-corrected chi connectivity index (χ0v) is 9.64. The molecule has 0 aliphatic carbocycles. The quantitative estimate of drug-likeness (QED) is 0.625. The van der Waals surface area contributed by atoms with E-state index < -0.39 is 6.10 Å². The van der Waals surface area contributed by atoms with E-state index >= 15 is 0 Å². The molecule has 0 aromatic rings. The Morgan fingerprint density at radius 2 is 2.31 bits per heavy atom. The number of nitrogens with two attached hydrogens (primary N) is 1. The van der Waals surface area contributed by atoms with E-state index in [-0.39, 0.29) is 17.8 Å². The van der Waals surface area contributed by atoms with Crippen molar-refractivity contribution in [3.05, 3.63) is 0 Å². The number of carbonyl (C=O) groups is 2. The summed E-state index contributed by atoms with van der Waals surface area (Å²) in [6.07, 6.45) is -0.557. The van der Waals surface area contributed by atoms with E-state index in [4.69, 9.17) is 10.5 Å². The SMILES string of the molecule is COC(=O)C1CN(CC(C)C(N)=O)CCO1. The highest BCUT2D eigenvalue weighted by atomic mass is 16.6. The molecular weight excluding hydrogens is 212 g/mol. The van der Waals surface area contributed by atoms with Gasteiger partial charge in [-0.25, -0.2) is 4.79 Å². The third-order valence-electron chi connectivity index (χ3n) is 2.63. The van der Waals surface area contributed by atoms with Gasteiger partial charge in [0, 0.05) is 25.6 Å². The van der Waals surface area contributed by atoms with Gasteiger partial charge in [-0.2, -0.15) is 0 Å². The van der Waals surface area contributed by atoms with Crippen LogP contribution in [-0.2, 0) is 19.1 Å². The number of methoxy groups -OCH3 is 1. The average molecular weight is 230 g/mol. The summed E-state index contributed by atoms with van der Waals surface area (Å²) in [7, 11) is 1.33. The Balaban J connectivity index is 2.44. The summed E-state index contributed by atoms with van der Waals surface area (Å²) in [5.74, 6) is -0.936. The number of ether oxygens (including phenoxy) is 2. The molecule has 6 nitrogen and oxygen atoms in total. The molecule has 0 radical (unpaired) electrons. The minimum absolute atomic E-state index is 0.226. The van der Waals surface area contributed by atoms with Gasteiger partial charge < -0.3 is 15.2 Å². The van der Waals surface area contributed by atoms with Crippen molar-refractivity contribution in [2.75, 3.05) is 33.4 Å². The Morgan fingerprint density at radius 3 is 2.88 bits per heavy atom. The minimum atomic E-state index is -0.557. The van der Waals surface area contributed by atoms with Crippen LogP contribution >= 0.6 is 0 Å². The van der Waals surface area contributed by atoms with Crippen LogP contribution < -0.4 is 5.73 Å². The molecule has 0 saturated carbocycles. The Hall–Kier alpha value is -1.14. The summed E-state index contributed by atoms with van der Waals surface area (Å²) in [6.45, 7) is 3.93. The number of hydrogen-bond donors (Lipinski definition) is 1. The van der Waals surface area contributed by atoms with E-state index in [0.717, 1.165) is 0 Å². The predicted molar refractivity (Wildman–Crippen MR) is 56.6 cm³/mol. The molecule has 1 fully saturated rings. The lowest BCUT2D eigenvalue weighted by atomic mass is 10.1. The summed E-state index contributed by atoms with van der Waals surface area (Å²) in [5.41, 5.74) is 5.19. The highest BCUT2D eigenvalue weighted by Crippen LogP contribution is 2.09. The average Bonchev–Trinajstić information content (AvgIpc) is 2.28. The van der Waals surface area contributed by atoms with Gasteiger partial charge in [0.25, 0.3) is 0 Å². The third kappa shape index (κ3) is 3.46. The standard InChI is InChI=1S/C10H18N2O4/c1-7(9(11)13)5-12-3-4-16-8(6-12)10(14)15-2/h7-8H,3-6H2,1-2H3,(H2,11,13). The largest absolute Gasteiger partial charge is 0.467 e. The molecule has 1 rings (SSSR count). The number of morpholine rings is 1. The van der Waals surface area contributed by atoms with Crippen molar-refractivity contribution >= 4 is 11.9 Å². The second kappa shape index (κ2) is 5.81. The van der Waals surface area contributed by atoms with Crippen molar-refractivity contribution in [2.24, 2.45) is 11.7 Å². The van der Waals surface area contributed by atoms with E-state index in [1.54, 1.807) is 6.92 Å². The molecule has 0 bridgehead atoms. The number of carbonyl (C=O) groups excluding carboxylic acids is 2. The second-order valence-electron chi connectivity index (χ2n) is 3.95. The molecule has 2 atom stereocenters. The van der Waals surface area contributed by atoms with E-state index in [1.807, 2.05) is 4.90 Å². The number of rotatable bonds is 4. The van der Waals surface area contributed by atoms with Crippen molar-refractivity contribution in [1.82, 2.24) is 4.90 Å². The molecular formula is C10H18N2O4. The van der Waals surface area contributed by atoms with Crippen molar-refractivity contribution in [3.8, 4) is 0 Å². The summed E-state index contributed by atoms with van der Waals surface area (Å²) < 4.78 is 9.88. The lowest BCUT2D eigenvalue weighted by Crippen LogP contribution is -2.48. The molecule has 2 unspecified atom stereocenters. The van der Waals surface area contributed by atoms with Crippen LogP contribution in [0.15, 0.2) is 0 Å². The molecule has 16 heavy (non-hydrogen) atoms. The second-order valence-corrected chi connectivity index (χ2v) is 3.95. The van der Waals surface area contributed by atoms with Crippen LogP contribution in [0.1, 0.15) is 6.92 Å². The van der Waals surface area contributed by atoms with Gasteiger partial charge in [0.1, 0.15) is 0 Å². The first-order valence-electron chi connectivity index (χ1n) is 5.25. The molecule has 1 aliphatic rings. The maximum Gasteiger partial charge on any atom is 0.336 e. The minimum Gasteiger partial charge on any atom is -0.467 e. The highest BCUT2D eigenvalue weighted by molar-refractivity contribution is 5.76. The van der Waals surface area contributed by atoms with Crippen LogP contribution in [0.5, 0.6) is 0 Å². The van der Waals surface area contributed by atoms with Gasteiger partial charge >= 0.3 is 5.97 Å². The van der Waals surface area contributed by atoms with Crippen LogP contribution in [0.3, 0.4) is 0 Å². The van der Waals surface area contributed by atoms with Gasteiger partial charge in [0.05, 0.1) is 13.7 Å². The van der Waals surface area contributed by atoms with Crippen LogP contribution in [0, 0.1) is 5.92 Å². The molecule has 0 aromatic heterocycles. The van der Waals surface area contributed by atoms with E-state index in [1.165, 1.54) is 7.11 Å². The lowest BCUT2D eigenvalue weighted by Gasteiger charge is -2.32. The molecule has 1 saturated heterocycles. The number of amides is 1. The molecule has 92 valence electrons. The third-order valence-corrected chi connectivity index (χ3v) is 2.63. The van der Waals surface area contributed by atoms with Crippen LogP contribution in [-0.4, -0.2) is 56.2 Å². The first-order chi connectivity index (χ1) is 7.54. The first kappa shape index (κ1) is 12.9. The number of hydrogen-bond acceptors (Lipinski definition) is 5. The van der Waals surface area contributed by atoms with Crippen LogP contribution in [0.2, 0.25) is 0 Å². The van der Waals surface area contributed by atoms with Crippen molar-refractivity contribution < 1.29 is 19.1 Å². The molecule has 1 heterocycles. The van der Waals surface area contributed by atoms with Gasteiger partial charge in [0.15, 0.2) is 6.10 Å². The van der Waals surface area contributed by atoms with E-state index in [9.17, 15) is 9.59 Å². The Morgan fingerprint density at radius 1 is 1.62 bits per heavy atom. The normalized spacial score (nSPS) is 23.8. The summed E-state index contributed by atoms with van der Waals surface area (Å²) in [5, 5.41) is 0. The summed E-state index contributed by atoms with van der Waals surface area (Å²) in [6, 6.07) is 0. The molecule has 0 spiro atoms. The Kier molecular flexibility index (Phi) is 4.70. The molecule has 0 aromatic carbocycles. The van der Waals surface area contributed by atoms with Gasteiger partial charge in [-0.1, -0.05) is 6.92 Å². The van der Waals surface area contributed by atoms with Crippen molar-refractivity contribution in [1.29, 1.82) is 0 Å². The van der Waals surface area contributed by atoms with E-state index in [0.29, 0.717) is 26.2 Å². The smallest absolute Gasteiger partial charge is 0.336 e. The monoisotopic (exact) mass is 230 g/mol. The fourth-order valence-electron chi connectivity index (χ4n) is 1.62. The Bertz CT molecular complexity index is 270. The number of primary amides is 1. The molecule has 2 N–H and O–H groups in total. The van der Waals surface area contributed by atoms with Crippen LogP contribution in [0.25, 0.3) is 0 Å². The number of nitrogens with zero attached hydrogens (tertiary/aromatic N) is 1. The van der Waals surface area contributed by atoms with Gasteiger partial charge in [0.2, 0.25) is 5.91 Å². The fourth-order valence-corrected chi connectivity index (χ4v) is 1.62. The predicted octanol–water partition coefficient (Wildman–Crippen LogP) is -1.02. The maximum atomic E-state index is 11.3. The molecule has 6 heteroatoms. The first-order valence-corrected chi connectivity index (χ1v) is 5.25. The fraction of sp³-hybridized carbons (Fsp3) is 0.800. The summed E-state index contributed by atoms with van der Waals surface area (Å²) in [4.78, 5) is 24.2. The maximum absolute atomic E-state index is 11.3. The summed E-state index contributed by atoms with van der Waals surface area (Å²) >= 11 is 0. The lowest BCUT2D eigenvalue weighted by molar-refractivity contribution is -0.160.